The maximum absolute atomic E-state index is 13.5. The molecule has 1 atom stereocenters. The van der Waals surface area contributed by atoms with Crippen molar-refractivity contribution in [3.63, 3.8) is 0 Å². The number of nitrogens with zero attached hydrogens (tertiary/aromatic N) is 1. The molecule has 1 aromatic heterocycles. The van der Waals surface area contributed by atoms with Gasteiger partial charge in [0.1, 0.15) is 5.58 Å². The molecule has 6 heteroatoms. The largest absolute Gasteiger partial charge is 0.490 e. The average Bonchev–Trinajstić information content (AvgIpc) is 3.07. The van der Waals surface area contributed by atoms with Gasteiger partial charge in [0, 0.05) is 6.54 Å². The number of carbonyl (C=O) groups excluding carboxylic acids is 1. The van der Waals surface area contributed by atoms with E-state index in [0.717, 1.165) is 24.8 Å². The lowest BCUT2D eigenvalue weighted by atomic mass is 9.98. The number of hydrogen-bond acceptors (Lipinski definition) is 5. The van der Waals surface area contributed by atoms with E-state index >= 15 is 0 Å². The molecule has 168 valence electrons. The third-order valence-electron chi connectivity index (χ3n) is 5.68. The molecule has 0 aliphatic carbocycles. The zero-order chi connectivity index (χ0) is 22.7. The van der Waals surface area contributed by atoms with Crippen molar-refractivity contribution in [3.05, 3.63) is 69.6 Å². The second-order valence-corrected chi connectivity index (χ2v) is 7.91. The van der Waals surface area contributed by atoms with Gasteiger partial charge in [-0.3, -0.25) is 9.59 Å². The van der Waals surface area contributed by atoms with Crippen LogP contribution in [0.5, 0.6) is 11.5 Å². The highest BCUT2D eigenvalue weighted by Gasteiger charge is 2.42. The van der Waals surface area contributed by atoms with Crippen molar-refractivity contribution >= 4 is 16.9 Å². The van der Waals surface area contributed by atoms with Gasteiger partial charge in [-0.1, -0.05) is 38.5 Å². The molecule has 32 heavy (non-hydrogen) atoms. The van der Waals surface area contributed by atoms with Gasteiger partial charge >= 0.3 is 0 Å². The summed E-state index contributed by atoms with van der Waals surface area (Å²) in [7, 11) is 0. The second kappa shape index (κ2) is 9.47. The first-order chi connectivity index (χ1) is 15.6. The van der Waals surface area contributed by atoms with Crippen LogP contribution in [-0.2, 0) is 0 Å². The number of amides is 1. The van der Waals surface area contributed by atoms with E-state index in [1.54, 1.807) is 29.2 Å². The van der Waals surface area contributed by atoms with Gasteiger partial charge in [0.15, 0.2) is 16.9 Å². The molecule has 2 aromatic carbocycles. The number of benzene rings is 2. The minimum Gasteiger partial charge on any atom is -0.490 e. The van der Waals surface area contributed by atoms with Gasteiger partial charge in [0.2, 0.25) is 5.76 Å². The van der Waals surface area contributed by atoms with Crippen LogP contribution >= 0.6 is 0 Å². The minimum absolute atomic E-state index is 0.133. The standard InChI is InChI=1S/C26H29NO5/c1-4-7-15-31-20-13-12-17(16-21(20)30-6-3)23-22-24(28)18-10-8-9-11-19(18)32-25(22)26(29)27(23)14-5-2/h8-13,16,23H,4-7,14-15H2,1-3H3. The van der Waals surface area contributed by atoms with Crippen LogP contribution in [0.15, 0.2) is 51.7 Å². The van der Waals surface area contributed by atoms with E-state index in [-0.39, 0.29) is 17.1 Å². The molecule has 0 N–H and O–H groups in total. The van der Waals surface area contributed by atoms with Crippen molar-refractivity contribution in [3.8, 4) is 11.5 Å². The fraction of sp³-hybridized carbons (Fsp3) is 0.385. The van der Waals surface area contributed by atoms with E-state index in [2.05, 4.69) is 6.92 Å². The lowest BCUT2D eigenvalue weighted by Gasteiger charge is -2.25. The van der Waals surface area contributed by atoms with Crippen LogP contribution in [0.4, 0.5) is 0 Å². The monoisotopic (exact) mass is 435 g/mol. The summed E-state index contributed by atoms with van der Waals surface area (Å²) in [6.45, 7) is 7.65. The Hall–Kier alpha value is -3.28. The summed E-state index contributed by atoms with van der Waals surface area (Å²) in [4.78, 5) is 28.4. The maximum Gasteiger partial charge on any atom is 0.290 e. The number of hydrogen-bond donors (Lipinski definition) is 0. The van der Waals surface area contributed by atoms with Gasteiger partial charge in [-0.15, -0.1) is 0 Å². The van der Waals surface area contributed by atoms with Crippen molar-refractivity contribution in [2.24, 2.45) is 0 Å². The molecule has 0 saturated carbocycles. The van der Waals surface area contributed by atoms with E-state index in [1.165, 1.54) is 0 Å². The van der Waals surface area contributed by atoms with Gasteiger partial charge in [-0.2, -0.15) is 0 Å². The van der Waals surface area contributed by atoms with Crippen LogP contribution in [-0.4, -0.2) is 30.6 Å². The third kappa shape index (κ3) is 3.85. The zero-order valence-electron chi connectivity index (χ0n) is 18.8. The summed E-state index contributed by atoms with van der Waals surface area (Å²) in [6.07, 6.45) is 2.76. The molecule has 1 unspecified atom stereocenters. The Labute approximate surface area is 187 Å². The Morgan fingerprint density at radius 1 is 0.969 bits per heavy atom. The first kappa shape index (κ1) is 21.9. The van der Waals surface area contributed by atoms with Crippen LogP contribution < -0.4 is 14.9 Å². The Morgan fingerprint density at radius 2 is 1.78 bits per heavy atom. The number of fused-ring (bicyclic) bond motifs is 2. The molecule has 0 saturated heterocycles. The molecule has 0 spiro atoms. The highest BCUT2D eigenvalue weighted by Crippen LogP contribution is 2.41. The molecule has 1 aliphatic rings. The molecule has 6 nitrogen and oxygen atoms in total. The van der Waals surface area contributed by atoms with E-state index < -0.39 is 6.04 Å². The zero-order valence-corrected chi connectivity index (χ0v) is 18.8. The summed E-state index contributed by atoms with van der Waals surface area (Å²) in [5, 5.41) is 0.479. The van der Waals surface area contributed by atoms with Crippen molar-refractivity contribution < 1.29 is 18.7 Å². The summed E-state index contributed by atoms with van der Waals surface area (Å²) >= 11 is 0. The quantitative estimate of drug-likeness (QED) is 0.425. The molecule has 0 radical (unpaired) electrons. The smallest absolute Gasteiger partial charge is 0.290 e. The molecule has 1 aliphatic heterocycles. The normalized spacial score (nSPS) is 15.3. The molecular weight excluding hydrogens is 406 g/mol. The molecule has 3 aromatic rings. The molecule has 1 amide bonds. The van der Waals surface area contributed by atoms with Crippen molar-refractivity contribution in [1.82, 2.24) is 4.90 Å². The second-order valence-electron chi connectivity index (χ2n) is 7.91. The number of carbonyl (C=O) groups is 1. The van der Waals surface area contributed by atoms with Gasteiger partial charge in [-0.25, -0.2) is 0 Å². The fourth-order valence-electron chi connectivity index (χ4n) is 4.19. The van der Waals surface area contributed by atoms with Crippen LogP contribution in [0.1, 0.15) is 67.8 Å². The van der Waals surface area contributed by atoms with Crippen LogP contribution in [0.2, 0.25) is 0 Å². The SMILES string of the molecule is CCCCOc1ccc(C2c3c(oc4ccccc4c3=O)C(=O)N2CCC)cc1OCC. The Kier molecular flexibility index (Phi) is 6.49. The highest BCUT2D eigenvalue weighted by molar-refractivity contribution is 5.99. The van der Waals surface area contributed by atoms with Crippen LogP contribution in [0, 0.1) is 0 Å². The number of rotatable bonds is 9. The molecule has 2 heterocycles. The van der Waals surface area contributed by atoms with Gasteiger partial charge in [0.05, 0.1) is 30.2 Å². The summed E-state index contributed by atoms with van der Waals surface area (Å²) in [6, 6.07) is 12.2. The first-order valence-corrected chi connectivity index (χ1v) is 11.4. The highest BCUT2D eigenvalue weighted by atomic mass is 16.5. The van der Waals surface area contributed by atoms with E-state index in [0.29, 0.717) is 47.8 Å². The average molecular weight is 436 g/mol. The van der Waals surface area contributed by atoms with Gasteiger partial charge < -0.3 is 18.8 Å². The lowest BCUT2D eigenvalue weighted by Crippen LogP contribution is -2.30. The fourth-order valence-corrected chi connectivity index (χ4v) is 4.19. The molecule has 0 bridgehead atoms. The van der Waals surface area contributed by atoms with Crippen molar-refractivity contribution in [1.29, 1.82) is 0 Å². The molecule has 0 fully saturated rings. The summed E-state index contributed by atoms with van der Waals surface area (Å²) < 4.78 is 17.7. The maximum atomic E-state index is 13.5. The van der Waals surface area contributed by atoms with Crippen LogP contribution in [0.25, 0.3) is 11.0 Å². The first-order valence-electron chi connectivity index (χ1n) is 11.4. The van der Waals surface area contributed by atoms with Crippen molar-refractivity contribution in [2.45, 2.75) is 46.1 Å². The Morgan fingerprint density at radius 3 is 2.53 bits per heavy atom. The van der Waals surface area contributed by atoms with Crippen LogP contribution in [0.3, 0.4) is 0 Å². The third-order valence-corrected chi connectivity index (χ3v) is 5.68. The minimum atomic E-state index is -0.526. The van der Waals surface area contributed by atoms with Crippen molar-refractivity contribution in [2.75, 3.05) is 19.8 Å². The topological polar surface area (TPSA) is 69.0 Å². The van der Waals surface area contributed by atoms with Gasteiger partial charge in [0.25, 0.3) is 5.91 Å². The number of ether oxygens (including phenoxy) is 2. The van der Waals surface area contributed by atoms with E-state index in [1.807, 2.05) is 32.0 Å². The summed E-state index contributed by atoms with van der Waals surface area (Å²) in [5.74, 6) is 1.16. The number of unbranched alkanes of at least 4 members (excludes halogenated alkanes) is 1. The Balaban J connectivity index is 1.85. The Bertz CT molecular complexity index is 1180. The van der Waals surface area contributed by atoms with E-state index in [4.69, 9.17) is 13.9 Å². The predicted molar refractivity (Wildman–Crippen MR) is 124 cm³/mol. The molecule has 4 rings (SSSR count). The predicted octanol–water partition coefficient (Wildman–Crippen LogP) is 5.33. The van der Waals surface area contributed by atoms with E-state index in [9.17, 15) is 9.59 Å². The van der Waals surface area contributed by atoms with Gasteiger partial charge in [-0.05, 0) is 49.6 Å². The number of para-hydroxylation sites is 1. The molecular formula is C26H29NO5. The summed E-state index contributed by atoms with van der Waals surface area (Å²) in [5.41, 5.74) is 1.46. The lowest BCUT2D eigenvalue weighted by molar-refractivity contribution is 0.0728.